The van der Waals surface area contributed by atoms with Crippen LogP contribution in [0.5, 0.6) is 0 Å². The average molecular weight is 577 g/mol. The number of aromatic carboxylic acids is 1. The number of ether oxygens (including phenoxy) is 1. The van der Waals surface area contributed by atoms with E-state index < -0.39 is 5.97 Å². The van der Waals surface area contributed by atoms with E-state index in [9.17, 15) is 19.5 Å². The van der Waals surface area contributed by atoms with E-state index in [1.165, 1.54) is 26.3 Å². The SMILES string of the molecule is CC1CCC(C(=O)Nc2cc(C#CC(C)(C)C)sc2C(=O)O)CC1.CCC(C)CC(=O)OC1CCCCC1.CN. The second kappa shape index (κ2) is 18.1. The summed E-state index contributed by atoms with van der Waals surface area (Å²) in [4.78, 5) is 36.2. The van der Waals surface area contributed by atoms with Gasteiger partial charge in [-0.3, -0.25) is 9.59 Å². The minimum Gasteiger partial charge on any atom is -0.477 e. The van der Waals surface area contributed by atoms with Crippen LogP contribution in [0.1, 0.15) is 127 Å². The van der Waals surface area contributed by atoms with Crippen LogP contribution in [0.3, 0.4) is 0 Å². The van der Waals surface area contributed by atoms with E-state index in [2.05, 4.69) is 43.7 Å². The fourth-order valence-electron chi connectivity index (χ4n) is 4.56. The highest BCUT2D eigenvalue weighted by atomic mass is 32.1. The number of anilines is 1. The van der Waals surface area contributed by atoms with E-state index >= 15 is 0 Å². The molecule has 2 aliphatic carbocycles. The molecule has 1 aromatic rings. The van der Waals surface area contributed by atoms with E-state index in [1.807, 2.05) is 20.8 Å². The van der Waals surface area contributed by atoms with Gasteiger partial charge in [0.25, 0.3) is 0 Å². The normalized spacial score (nSPS) is 19.8. The van der Waals surface area contributed by atoms with Gasteiger partial charge in [-0.1, -0.05) is 45.5 Å². The largest absolute Gasteiger partial charge is 0.477 e. The molecule has 1 aromatic heterocycles. The van der Waals surface area contributed by atoms with Crippen LogP contribution in [0.4, 0.5) is 5.69 Å². The summed E-state index contributed by atoms with van der Waals surface area (Å²) in [6.07, 6.45) is 11.6. The molecule has 0 radical (unpaired) electrons. The number of esters is 1. The minimum absolute atomic E-state index is 0.00579. The Bertz CT molecular complexity index is 987. The third kappa shape index (κ3) is 13.8. The van der Waals surface area contributed by atoms with Crippen LogP contribution >= 0.6 is 11.3 Å². The molecular weight excluding hydrogens is 524 g/mol. The third-order valence-electron chi connectivity index (χ3n) is 7.19. The number of hydrogen-bond donors (Lipinski definition) is 3. The van der Waals surface area contributed by atoms with Gasteiger partial charge in [0.2, 0.25) is 5.91 Å². The fourth-order valence-corrected chi connectivity index (χ4v) is 5.36. The number of amides is 1. The lowest BCUT2D eigenvalue weighted by atomic mass is 9.82. The van der Waals surface area contributed by atoms with Gasteiger partial charge in [-0.15, -0.1) is 11.3 Å². The molecule has 2 fully saturated rings. The number of carboxylic acid groups (broad SMARTS) is 1. The lowest BCUT2D eigenvalue weighted by molar-refractivity contribution is -0.151. The van der Waals surface area contributed by atoms with Crippen LogP contribution in [-0.2, 0) is 14.3 Å². The van der Waals surface area contributed by atoms with Gasteiger partial charge in [-0.05, 0) is 97.1 Å². The van der Waals surface area contributed by atoms with Crippen LogP contribution in [0.15, 0.2) is 6.07 Å². The number of carbonyl (C=O) groups excluding carboxylic acids is 2. The Morgan fingerprint density at radius 1 is 1.10 bits per heavy atom. The van der Waals surface area contributed by atoms with Gasteiger partial charge >= 0.3 is 11.9 Å². The van der Waals surface area contributed by atoms with Gasteiger partial charge in [-0.2, -0.15) is 0 Å². The standard InChI is InChI=1S/C19H25NO3S.C12H22O2.CH5N/c1-12-5-7-13(8-6-12)17(21)20-15-11-14(9-10-19(2,3)4)24-16(15)18(22)23;1-3-10(2)9-12(13)14-11-7-5-4-6-8-11;1-2/h11-13H,5-8H2,1-4H3,(H,20,21)(H,22,23);10-11H,3-9H2,1-2H3;2H2,1H3. The molecular formula is C32H52N2O5S. The topological polar surface area (TPSA) is 119 Å². The Morgan fingerprint density at radius 2 is 1.70 bits per heavy atom. The third-order valence-corrected chi connectivity index (χ3v) is 8.23. The number of carbonyl (C=O) groups is 3. The summed E-state index contributed by atoms with van der Waals surface area (Å²) in [6.45, 7) is 12.4. The quantitative estimate of drug-likeness (QED) is 0.229. The summed E-state index contributed by atoms with van der Waals surface area (Å²) in [7, 11) is 1.50. The number of carboxylic acids is 1. The highest BCUT2D eigenvalue weighted by Crippen LogP contribution is 2.32. The first-order chi connectivity index (χ1) is 18.9. The Kier molecular flexibility index (Phi) is 16.2. The molecule has 0 spiro atoms. The number of nitrogens with two attached hydrogens (primary N) is 1. The Morgan fingerprint density at radius 3 is 2.23 bits per heavy atom. The highest BCUT2D eigenvalue weighted by Gasteiger charge is 2.26. The van der Waals surface area contributed by atoms with Crippen LogP contribution in [0.2, 0.25) is 0 Å². The molecule has 1 atom stereocenters. The highest BCUT2D eigenvalue weighted by molar-refractivity contribution is 7.15. The van der Waals surface area contributed by atoms with E-state index in [4.69, 9.17) is 4.74 Å². The van der Waals surface area contributed by atoms with E-state index in [1.54, 1.807) is 6.07 Å². The molecule has 0 aromatic carbocycles. The van der Waals surface area contributed by atoms with Crippen LogP contribution < -0.4 is 11.1 Å². The molecule has 2 aliphatic rings. The van der Waals surface area contributed by atoms with Crippen molar-refractivity contribution in [3.05, 3.63) is 15.8 Å². The maximum atomic E-state index is 12.4. The maximum absolute atomic E-state index is 12.4. The molecule has 226 valence electrons. The Balaban J connectivity index is 0.000000425. The first-order valence-corrected chi connectivity index (χ1v) is 15.7. The predicted molar refractivity (Wildman–Crippen MR) is 165 cm³/mol. The van der Waals surface area contributed by atoms with E-state index in [0.717, 1.165) is 56.3 Å². The summed E-state index contributed by atoms with van der Waals surface area (Å²) in [5, 5.41) is 12.2. The molecule has 40 heavy (non-hydrogen) atoms. The van der Waals surface area contributed by atoms with Crippen molar-refractivity contribution in [3.8, 4) is 11.8 Å². The molecule has 1 unspecified atom stereocenters. The summed E-state index contributed by atoms with van der Waals surface area (Å²) in [5.74, 6) is 6.12. The maximum Gasteiger partial charge on any atom is 0.348 e. The van der Waals surface area contributed by atoms with Gasteiger partial charge in [0.1, 0.15) is 11.0 Å². The second-order valence-corrected chi connectivity index (χ2v) is 13.1. The van der Waals surface area contributed by atoms with Crippen molar-refractivity contribution in [2.24, 2.45) is 28.9 Å². The van der Waals surface area contributed by atoms with Crippen molar-refractivity contribution in [3.63, 3.8) is 0 Å². The van der Waals surface area contributed by atoms with Crippen molar-refractivity contribution in [2.75, 3.05) is 12.4 Å². The average Bonchev–Trinajstić information content (AvgIpc) is 3.32. The lowest BCUT2D eigenvalue weighted by Gasteiger charge is -2.25. The predicted octanol–water partition coefficient (Wildman–Crippen LogP) is 7.48. The summed E-state index contributed by atoms with van der Waals surface area (Å²) < 4.78 is 5.42. The zero-order valence-corrected chi connectivity index (χ0v) is 26.5. The van der Waals surface area contributed by atoms with Gasteiger partial charge in [0.05, 0.1) is 10.6 Å². The van der Waals surface area contributed by atoms with Crippen LogP contribution in [0.25, 0.3) is 0 Å². The van der Waals surface area contributed by atoms with Gasteiger partial charge in [-0.25, -0.2) is 4.79 Å². The molecule has 0 bridgehead atoms. The molecule has 2 saturated carbocycles. The molecule has 1 heterocycles. The first kappa shape index (κ1) is 35.7. The summed E-state index contributed by atoms with van der Waals surface area (Å²) in [5.41, 5.74) is 4.71. The fraction of sp³-hybridized carbons (Fsp3) is 0.719. The molecule has 0 aliphatic heterocycles. The van der Waals surface area contributed by atoms with Crippen molar-refractivity contribution >= 4 is 34.9 Å². The number of nitrogens with one attached hydrogen (secondary N) is 1. The molecule has 7 nitrogen and oxygen atoms in total. The minimum atomic E-state index is -1.03. The molecule has 4 N–H and O–H groups in total. The number of thiophene rings is 1. The molecule has 8 heteroatoms. The van der Waals surface area contributed by atoms with Gasteiger partial charge < -0.3 is 20.9 Å². The molecule has 0 saturated heterocycles. The van der Waals surface area contributed by atoms with Crippen molar-refractivity contribution in [1.82, 2.24) is 0 Å². The summed E-state index contributed by atoms with van der Waals surface area (Å²) in [6, 6.07) is 1.68. The first-order valence-electron chi connectivity index (χ1n) is 14.9. The zero-order chi connectivity index (χ0) is 30.3. The summed E-state index contributed by atoms with van der Waals surface area (Å²) >= 11 is 1.11. The van der Waals surface area contributed by atoms with Crippen molar-refractivity contribution in [1.29, 1.82) is 0 Å². The van der Waals surface area contributed by atoms with E-state index in [-0.39, 0.29) is 34.2 Å². The van der Waals surface area contributed by atoms with Gasteiger partial charge in [0.15, 0.2) is 0 Å². The smallest absolute Gasteiger partial charge is 0.348 e. The Hall–Kier alpha value is -2.37. The van der Waals surface area contributed by atoms with Crippen molar-refractivity contribution < 1.29 is 24.2 Å². The second-order valence-electron chi connectivity index (χ2n) is 12.1. The number of rotatable bonds is 7. The van der Waals surface area contributed by atoms with Crippen molar-refractivity contribution in [2.45, 2.75) is 118 Å². The number of hydrogen-bond acceptors (Lipinski definition) is 6. The van der Waals surface area contributed by atoms with Crippen LogP contribution in [0, 0.1) is 35.0 Å². The lowest BCUT2D eigenvalue weighted by Crippen LogP contribution is -2.27. The monoisotopic (exact) mass is 576 g/mol. The Labute approximate surface area is 246 Å². The molecule has 3 rings (SSSR count). The van der Waals surface area contributed by atoms with E-state index in [0.29, 0.717) is 28.8 Å². The zero-order valence-electron chi connectivity index (χ0n) is 25.7. The van der Waals surface area contributed by atoms with Crippen LogP contribution in [-0.4, -0.2) is 36.1 Å². The van der Waals surface area contributed by atoms with Gasteiger partial charge in [0, 0.05) is 17.8 Å². The molecule has 1 amide bonds.